The van der Waals surface area contributed by atoms with Gasteiger partial charge in [-0.1, -0.05) is 20.8 Å². The maximum absolute atomic E-state index is 11.6. The summed E-state index contributed by atoms with van der Waals surface area (Å²) < 4.78 is 1.85. The Kier molecular flexibility index (Phi) is 4.10. The van der Waals surface area contributed by atoms with E-state index in [0.29, 0.717) is 13.0 Å². The third-order valence-corrected chi connectivity index (χ3v) is 2.19. The number of aryl methyl sites for hydroxylation is 1. The zero-order valence-corrected chi connectivity index (χ0v) is 10.6. The van der Waals surface area contributed by atoms with Crippen LogP contribution in [0.3, 0.4) is 0 Å². The largest absolute Gasteiger partial charge is 0.352 e. The molecule has 0 spiro atoms. The van der Waals surface area contributed by atoms with Gasteiger partial charge in [0.2, 0.25) is 5.91 Å². The molecule has 4 heteroatoms. The standard InChI is InChI=1S/C12H21N3O/c1-5-15-9-10(8-14-15)7-13-11(16)6-12(2,3)4/h8-9H,5-7H2,1-4H3,(H,13,16). The summed E-state index contributed by atoms with van der Waals surface area (Å²) in [6.45, 7) is 9.63. The van der Waals surface area contributed by atoms with Crippen molar-refractivity contribution in [3.8, 4) is 0 Å². The zero-order chi connectivity index (χ0) is 12.2. The first-order chi connectivity index (χ1) is 7.40. The molecule has 0 unspecified atom stereocenters. The molecular formula is C12H21N3O. The van der Waals surface area contributed by atoms with Crippen LogP contribution in [0.25, 0.3) is 0 Å². The lowest BCUT2D eigenvalue weighted by atomic mass is 9.92. The second-order valence-corrected chi connectivity index (χ2v) is 5.22. The van der Waals surface area contributed by atoms with Gasteiger partial charge in [-0.3, -0.25) is 9.48 Å². The summed E-state index contributed by atoms with van der Waals surface area (Å²) in [4.78, 5) is 11.6. The molecule has 90 valence electrons. The molecule has 0 radical (unpaired) electrons. The maximum Gasteiger partial charge on any atom is 0.220 e. The van der Waals surface area contributed by atoms with Crippen molar-refractivity contribution in [2.45, 2.75) is 47.2 Å². The van der Waals surface area contributed by atoms with Gasteiger partial charge in [-0.2, -0.15) is 5.10 Å². The predicted octanol–water partition coefficient (Wildman–Crippen LogP) is 1.96. The van der Waals surface area contributed by atoms with Crippen LogP contribution in [0.1, 0.15) is 39.7 Å². The van der Waals surface area contributed by atoms with E-state index in [9.17, 15) is 4.79 Å². The van der Waals surface area contributed by atoms with Gasteiger partial charge in [0, 0.05) is 31.3 Å². The van der Waals surface area contributed by atoms with Crippen LogP contribution in [-0.4, -0.2) is 15.7 Å². The van der Waals surface area contributed by atoms with E-state index in [-0.39, 0.29) is 11.3 Å². The molecule has 0 aromatic carbocycles. The highest BCUT2D eigenvalue weighted by atomic mass is 16.1. The number of amides is 1. The molecule has 0 saturated carbocycles. The van der Waals surface area contributed by atoms with Crippen molar-refractivity contribution in [1.29, 1.82) is 0 Å². The SMILES string of the molecule is CCn1cc(CNC(=O)CC(C)(C)C)cn1. The highest BCUT2D eigenvalue weighted by Gasteiger charge is 2.15. The van der Waals surface area contributed by atoms with Crippen molar-refractivity contribution in [3.05, 3.63) is 18.0 Å². The Labute approximate surface area is 97.0 Å². The second-order valence-electron chi connectivity index (χ2n) is 5.22. The summed E-state index contributed by atoms with van der Waals surface area (Å²) in [5.41, 5.74) is 1.08. The first-order valence-corrected chi connectivity index (χ1v) is 5.69. The van der Waals surface area contributed by atoms with Crippen LogP contribution in [0.15, 0.2) is 12.4 Å². The molecule has 0 atom stereocenters. The Morgan fingerprint density at radius 2 is 2.19 bits per heavy atom. The molecule has 1 aromatic rings. The molecule has 1 N–H and O–H groups in total. The molecule has 16 heavy (non-hydrogen) atoms. The smallest absolute Gasteiger partial charge is 0.220 e. The van der Waals surface area contributed by atoms with Gasteiger partial charge in [0.05, 0.1) is 6.20 Å². The minimum atomic E-state index is 0.0394. The highest BCUT2D eigenvalue weighted by Crippen LogP contribution is 2.17. The fraction of sp³-hybridized carbons (Fsp3) is 0.667. The molecule has 1 amide bonds. The van der Waals surface area contributed by atoms with Gasteiger partial charge in [0.1, 0.15) is 0 Å². The molecule has 1 rings (SSSR count). The normalized spacial score (nSPS) is 11.5. The highest BCUT2D eigenvalue weighted by molar-refractivity contribution is 5.76. The number of hydrogen-bond donors (Lipinski definition) is 1. The first-order valence-electron chi connectivity index (χ1n) is 5.69. The van der Waals surface area contributed by atoms with E-state index in [1.165, 1.54) is 0 Å². The van der Waals surface area contributed by atoms with E-state index in [4.69, 9.17) is 0 Å². The van der Waals surface area contributed by atoms with Crippen molar-refractivity contribution in [3.63, 3.8) is 0 Å². The molecular weight excluding hydrogens is 202 g/mol. The van der Waals surface area contributed by atoms with E-state index < -0.39 is 0 Å². The monoisotopic (exact) mass is 223 g/mol. The van der Waals surface area contributed by atoms with Crippen LogP contribution in [0.4, 0.5) is 0 Å². The Balaban J connectivity index is 2.37. The van der Waals surface area contributed by atoms with Crippen LogP contribution in [0.2, 0.25) is 0 Å². The topological polar surface area (TPSA) is 46.9 Å². The Hall–Kier alpha value is -1.32. The maximum atomic E-state index is 11.6. The fourth-order valence-electron chi connectivity index (χ4n) is 1.42. The summed E-state index contributed by atoms with van der Waals surface area (Å²) >= 11 is 0. The molecule has 0 fully saturated rings. The minimum Gasteiger partial charge on any atom is -0.352 e. The average Bonchev–Trinajstić information content (AvgIpc) is 2.59. The van der Waals surface area contributed by atoms with E-state index in [0.717, 1.165) is 12.1 Å². The summed E-state index contributed by atoms with van der Waals surface area (Å²) in [6, 6.07) is 0. The molecule has 0 aliphatic rings. The lowest BCUT2D eigenvalue weighted by molar-refractivity contribution is -0.122. The summed E-state index contributed by atoms with van der Waals surface area (Å²) in [6.07, 6.45) is 4.30. The van der Waals surface area contributed by atoms with Gasteiger partial charge >= 0.3 is 0 Å². The average molecular weight is 223 g/mol. The number of nitrogens with one attached hydrogen (secondary N) is 1. The van der Waals surface area contributed by atoms with Crippen LogP contribution in [0, 0.1) is 5.41 Å². The van der Waals surface area contributed by atoms with Crippen LogP contribution < -0.4 is 5.32 Å². The molecule has 1 heterocycles. The molecule has 0 aliphatic heterocycles. The number of carbonyl (C=O) groups is 1. The summed E-state index contributed by atoms with van der Waals surface area (Å²) in [5.74, 6) is 0.0942. The van der Waals surface area contributed by atoms with Crippen molar-refractivity contribution in [2.24, 2.45) is 5.41 Å². The van der Waals surface area contributed by atoms with Gasteiger partial charge in [-0.25, -0.2) is 0 Å². The van der Waals surface area contributed by atoms with Gasteiger partial charge < -0.3 is 5.32 Å². The van der Waals surface area contributed by atoms with Crippen molar-refractivity contribution >= 4 is 5.91 Å². The first kappa shape index (κ1) is 12.7. The Morgan fingerprint density at radius 1 is 1.50 bits per heavy atom. The lowest BCUT2D eigenvalue weighted by Crippen LogP contribution is -2.26. The molecule has 0 aliphatic carbocycles. The minimum absolute atomic E-state index is 0.0394. The van der Waals surface area contributed by atoms with Crippen LogP contribution in [-0.2, 0) is 17.9 Å². The Morgan fingerprint density at radius 3 is 2.69 bits per heavy atom. The van der Waals surface area contributed by atoms with Gasteiger partial charge in [-0.15, -0.1) is 0 Å². The zero-order valence-electron chi connectivity index (χ0n) is 10.6. The third-order valence-electron chi connectivity index (χ3n) is 2.19. The van der Waals surface area contributed by atoms with Crippen molar-refractivity contribution in [1.82, 2.24) is 15.1 Å². The number of rotatable bonds is 4. The van der Waals surface area contributed by atoms with Gasteiger partial charge in [-0.05, 0) is 12.3 Å². The quantitative estimate of drug-likeness (QED) is 0.848. The summed E-state index contributed by atoms with van der Waals surface area (Å²) in [7, 11) is 0. The second kappa shape index (κ2) is 5.14. The van der Waals surface area contributed by atoms with Gasteiger partial charge in [0.25, 0.3) is 0 Å². The molecule has 4 nitrogen and oxygen atoms in total. The summed E-state index contributed by atoms with van der Waals surface area (Å²) in [5, 5.41) is 7.05. The molecule has 0 saturated heterocycles. The van der Waals surface area contributed by atoms with Crippen molar-refractivity contribution < 1.29 is 4.79 Å². The number of hydrogen-bond acceptors (Lipinski definition) is 2. The van der Waals surface area contributed by atoms with E-state index in [2.05, 4.69) is 31.2 Å². The van der Waals surface area contributed by atoms with Crippen LogP contribution >= 0.6 is 0 Å². The van der Waals surface area contributed by atoms with E-state index >= 15 is 0 Å². The predicted molar refractivity (Wildman–Crippen MR) is 63.8 cm³/mol. The number of nitrogens with zero attached hydrogens (tertiary/aromatic N) is 2. The van der Waals surface area contributed by atoms with Crippen molar-refractivity contribution in [2.75, 3.05) is 0 Å². The van der Waals surface area contributed by atoms with Crippen LogP contribution in [0.5, 0.6) is 0 Å². The lowest BCUT2D eigenvalue weighted by Gasteiger charge is -2.16. The fourth-order valence-corrected chi connectivity index (χ4v) is 1.42. The number of carbonyl (C=O) groups excluding carboxylic acids is 1. The van der Waals surface area contributed by atoms with E-state index in [1.54, 1.807) is 6.20 Å². The molecule has 1 aromatic heterocycles. The molecule has 0 bridgehead atoms. The third kappa shape index (κ3) is 4.47. The Bertz CT molecular complexity index is 349. The number of aromatic nitrogens is 2. The van der Waals surface area contributed by atoms with E-state index in [1.807, 2.05) is 17.8 Å². The van der Waals surface area contributed by atoms with Gasteiger partial charge in [0.15, 0.2) is 0 Å².